The van der Waals surface area contributed by atoms with E-state index < -0.39 is 11.9 Å². The minimum absolute atomic E-state index is 0.133. The van der Waals surface area contributed by atoms with Crippen LogP contribution in [0.3, 0.4) is 0 Å². The lowest BCUT2D eigenvalue weighted by atomic mass is 9.98. The van der Waals surface area contributed by atoms with Gasteiger partial charge in [-0.3, -0.25) is 9.59 Å². The lowest BCUT2D eigenvalue weighted by Crippen LogP contribution is -2.48. The van der Waals surface area contributed by atoms with Gasteiger partial charge in [-0.15, -0.1) is 11.8 Å². The topological polar surface area (TPSA) is 86.7 Å². The minimum atomic E-state index is -1.18. The van der Waals surface area contributed by atoms with E-state index in [2.05, 4.69) is 19.2 Å². The fourth-order valence-corrected chi connectivity index (χ4v) is 3.95. The summed E-state index contributed by atoms with van der Waals surface area (Å²) in [5.74, 6) is -1.20. The van der Waals surface area contributed by atoms with Crippen LogP contribution in [0.5, 0.6) is 0 Å². The molecule has 0 aliphatic carbocycles. The number of benzene rings is 1. The molecular formula is C19H24N2O4S. The zero-order valence-electron chi connectivity index (χ0n) is 15.0. The SMILES string of the molecule is C[C@@H]1CCC[C@H](C)N1C(=O)CSc1cccc(NC(=O)/C=C/C(=O)O)c1. The number of anilines is 1. The Labute approximate surface area is 157 Å². The molecule has 1 fully saturated rings. The summed E-state index contributed by atoms with van der Waals surface area (Å²) in [6, 6.07) is 7.71. The maximum absolute atomic E-state index is 12.6. The van der Waals surface area contributed by atoms with Gasteiger partial charge in [0.2, 0.25) is 11.8 Å². The minimum Gasteiger partial charge on any atom is -0.478 e. The van der Waals surface area contributed by atoms with Crippen LogP contribution in [0.1, 0.15) is 33.1 Å². The number of carbonyl (C=O) groups is 3. The maximum Gasteiger partial charge on any atom is 0.328 e. The van der Waals surface area contributed by atoms with Gasteiger partial charge in [-0.2, -0.15) is 0 Å². The normalized spacial score (nSPS) is 20.2. The lowest BCUT2D eigenvalue weighted by Gasteiger charge is -2.39. The highest BCUT2D eigenvalue weighted by Gasteiger charge is 2.28. The molecule has 0 aromatic heterocycles. The van der Waals surface area contributed by atoms with Gasteiger partial charge in [-0.05, 0) is 51.3 Å². The van der Waals surface area contributed by atoms with Crippen LogP contribution in [0, 0.1) is 0 Å². The number of carbonyl (C=O) groups excluding carboxylic acids is 2. The van der Waals surface area contributed by atoms with Crippen LogP contribution < -0.4 is 5.32 Å². The number of piperidine rings is 1. The Morgan fingerprint density at radius 1 is 1.23 bits per heavy atom. The van der Waals surface area contributed by atoms with Crippen molar-refractivity contribution in [1.82, 2.24) is 4.90 Å². The third-order valence-electron chi connectivity index (χ3n) is 4.32. The number of aliphatic carboxylic acids is 1. The summed E-state index contributed by atoms with van der Waals surface area (Å²) >= 11 is 1.43. The highest BCUT2D eigenvalue weighted by atomic mass is 32.2. The molecule has 1 aliphatic heterocycles. The van der Waals surface area contributed by atoms with Gasteiger partial charge in [0.05, 0.1) is 5.75 Å². The van der Waals surface area contributed by atoms with Crippen molar-refractivity contribution in [2.45, 2.75) is 50.1 Å². The van der Waals surface area contributed by atoms with Gasteiger partial charge in [0.15, 0.2) is 0 Å². The van der Waals surface area contributed by atoms with Gasteiger partial charge >= 0.3 is 5.97 Å². The van der Waals surface area contributed by atoms with Gasteiger partial charge in [0.25, 0.3) is 0 Å². The number of amides is 2. The first-order chi connectivity index (χ1) is 12.4. The monoisotopic (exact) mass is 376 g/mol. The van der Waals surface area contributed by atoms with E-state index in [1.807, 2.05) is 11.0 Å². The van der Waals surface area contributed by atoms with E-state index in [1.165, 1.54) is 11.8 Å². The smallest absolute Gasteiger partial charge is 0.328 e. The summed E-state index contributed by atoms with van der Waals surface area (Å²) in [5.41, 5.74) is 0.558. The molecule has 0 unspecified atom stereocenters. The van der Waals surface area contributed by atoms with Crippen molar-refractivity contribution in [3.05, 3.63) is 36.4 Å². The van der Waals surface area contributed by atoms with Crippen LogP contribution >= 0.6 is 11.8 Å². The lowest BCUT2D eigenvalue weighted by molar-refractivity contribution is -0.134. The van der Waals surface area contributed by atoms with Crippen molar-refractivity contribution in [3.8, 4) is 0 Å². The molecule has 26 heavy (non-hydrogen) atoms. The third-order valence-corrected chi connectivity index (χ3v) is 5.30. The Hall–Kier alpha value is -2.28. The van der Waals surface area contributed by atoms with Crippen molar-refractivity contribution in [1.29, 1.82) is 0 Å². The summed E-state index contributed by atoms with van der Waals surface area (Å²) in [6.45, 7) is 4.19. The third kappa shape index (κ3) is 5.91. The van der Waals surface area contributed by atoms with Crippen LogP contribution in [-0.2, 0) is 14.4 Å². The van der Waals surface area contributed by atoms with E-state index in [1.54, 1.807) is 18.2 Å². The van der Waals surface area contributed by atoms with Crippen molar-refractivity contribution in [2.24, 2.45) is 0 Å². The molecule has 2 N–H and O–H groups in total. The van der Waals surface area contributed by atoms with Crippen molar-refractivity contribution in [3.63, 3.8) is 0 Å². The molecular weight excluding hydrogens is 352 g/mol. The number of likely N-dealkylation sites (tertiary alicyclic amines) is 1. The quantitative estimate of drug-likeness (QED) is 0.588. The molecule has 1 aliphatic rings. The Morgan fingerprint density at radius 3 is 2.58 bits per heavy atom. The van der Waals surface area contributed by atoms with E-state index in [0.29, 0.717) is 11.4 Å². The van der Waals surface area contributed by atoms with Crippen LogP contribution in [0.2, 0.25) is 0 Å². The van der Waals surface area contributed by atoms with Gasteiger partial charge in [0.1, 0.15) is 0 Å². The second-order valence-electron chi connectivity index (χ2n) is 6.41. The van der Waals surface area contributed by atoms with Crippen molar-refractivity contribution in [2.75, 3.05) is 11.1 Å². The number of hydrogen-bond acceptors (Lipinski definition) is 4. The Bertz CT molecular complexity index is 695. The van der Waals surface area contributed by atoms with Crippen LogP contribution in [-0.4, -0.2) is 45.6 Å². The van der Waals surface area contributed by atoms with E-state index in [9.17, 15) is 14.4 Å². The van der Waals surface area contributed by atoms with E-state index in [-0.39, 0.29) is 18.0 Å². The summed E-state index contributed by atoms with van der Waals surface area (Å²) in [5, 5.41) is 11.1. The molecule has 2 atom stereocenters. The number of carboxylic acid groups (broad SMARTS) is 1. The first-order valence-electron chi connectivity index (χ1n) is 8.63. The maximum atomic E-state index is 12.6. The molecule has 2 rings (SSSR count). The van der Waals surface area contributed by atoms with Gasteiger partial charge in [-0.1, -0.05) is 6.07 Å². The summed E-state index contributed by atoms with van der Waals surface area (Å²) in [7, 11) is 0. The zero-order chi connectivity index (χ0) is 19.1. The standard InChI is InChI=1S/C19H24N2O4S/c1-13-5-3-6-14(2)21(13)18(23)12-26-16-8-4-7-15(11-16)20-17(22)9-10-19(24)25/h4,7-11,13-14H,3,5-6,12H2,1-2H3,(H,20,22)(H,24,25)/b10-9+/t13-,14+. The molecule has 1 saturated heterocycles. The fourth-order valence-electron chi connectivity index (χ4n) is 3.13. The molecule has 0 saturated carbocycles. The number of carboxylic acids is 1. The van der Waals surface area contributed by atoms with E-state index >= 15 is 0 Å². The summed E-state index contributed by atoms with van der Waals surface area (Å²) in [6.07, 6.45) is 5.01. The molecule has 1 aromatic rings. The van der Waals surface area contributed by atoms with Gasteiger partial charge in [-0.25, -0.2) is 4.79 Å². The number of nitrogens with zero attached hydrogens (tertiary/aromatic N) is 1. The van der Waals surface area contributed by atoms with E-state index in [0.717, 1.165) is 36.3 Å². The average Bonchev–Trinajstić information content (AvgIpc) is 2.58. The Balaban J connectivity index is 1.93. The average molecular weight is 376 g/mol. The molecule has 1 aromatic carbocycles. The summed E-state index contributed by atoms with van der Waals surface area (Å²) in [4.78, 5) is 37.5. The first kappa shape index (κ1) is 20.0. The van der Waals surface area contributed by atoms with Crippen LogP contribution in [0.25, 0.3) is 0 Å². The summed E-state index contributed by atoms with van der Waals surface area (Å²) < 4.78 is 0. The number of rotatable bonds is 6. The fraction of sp³-hybridized carbons (Fsp3) is 0.421. The number of thioether (sulfide) groups is 1. The van der Waals surface area contributed by atoms with Crippen LogP contribution in [0.15, 0.2) is 41.3 Å². The number of nitrogens with one attached hydrogen (secondary N) is 1. The molecule has 6 nitrogen and oxygen atoms in total. The van der Waals surface area contributed by atoms with E-state index in [4.69, 9.17) is 5.11 Å². The Kier molecular flexibility index (Phi) is 7.26. The molecule has 140 valence electrons. The predicted octanol–water partition coefficient (Wildman–Crippen LogP) is 3.15. The van der Waals surface area contributed by atoms with Gasteiger partial charge in [0, 0.05) is 34.8 Å². The van der Waals surface area contributed by atoms with Gasteiger partial charge < -0.3 is 15.3 Å². The highest BCUT2D eigenvalue weighted by Crippen LogP contribution is 2.26. The van der Waals surface area contributed by atoms with Crippen LogP contribution in [0.4, 0.5) is 5.69 Å². The van der Waals surface area contributed by atoms with Crippen molar-refractivity contribution >= 4 is 35.2 Å². The largest absolute Gasteiger partial charge is 0.478 e. The second-order valence-corrected chi connectivity index (χ2v) is 7.46. The molecule has 7 heteroatoms. The molecule has 0 spiro atoms. The molecule has 0 bridgehead atoms. The second kappa shape index (κ2) is 9.43. The molecule has 1 heterocycles. The molecule has 0 radical (unpaired) electrons. The first-order valence-corrected chi connectivity index (χ1v) is 9.61. The predicted molar refractivity (Wildman–Crippen MR) is 102 cm³/mol. The zero-order valence-corrected chi connectivity index (χ0v) is 15.8. The Morgan fingerprint density at radius 2 is 1.92 bits per heavy atom. The highest BCUT2D eigenvalue weighted by molar-refractivity contribution is 8.00. The molecule has 2 amide bonds. The van der Waals surface area contributed by atoms with Crippen molar-refractivity contribution < 1.29 is 19.5 Å². The number of hydrogen-bond donors (Lipinski definition) is 2.